The second-order valence-electron chi connectivity index (χ2n) is 6.55. The van der Waals surface area contributed by atoms with Crippen LogP contribution in [0.25, 0.3) is 0 Å². The first-order valence-electron chi connectivity index (χ1n) is 8.50. The summed E-state index contributed by atoms with van der Waals surface area (Å²) in [6, 6.07) is 7.75. The van der Waals surface area contributed by atoms with Crippen LogP contribution in [0.1, 0.15) is 29.0 Å². The van der Waals surface area contributed by atoms with Gasteiger partial charge in [-0.2, -0.15) is 0 Å². The molecule has 2 aromatic rings. The second kappa shape index (κ2) is 7.78. The molecule has 2 amide bonds. The number of carbonyl (C=O) groups is 2. The lowest BCUT2D eigenvalue weighted by atomic mass is 9.96. The summed E-state index contributed by atoms with van der Waals surface area (Å²) in [5, 5.41) is 2.05. The number of nitrogens with zero attached hydrogens (tertiary/aromatic N) is 3. The minimum atomic E-state index is -0.133. The molecule has 1 aliphatic rings. The molecule has 1 aliphatic heterocycles. The minimum Gasteiger partial charge on any atom is -0.340 e. The summed E-state index contributed by atoms with van der Waals surface area (Å²) in [4.78, 5) is 34.1. The van der Waals surface area contributed by atoms with E-state index in [1.165, 1.54) is 10.4 Å². The van der Waals surface area contributed by atoms with Crippen LogP contribution in [0, 0.1) is 12.8 Å². The fraction of sp³-hybridized carbons (Fsp3) is 0.421. The minimum absolute atomic E-state index is 0.103. The number of rotatable bonds is 5. The summed E-state index contributed by atoms with van der Waals surface area (Å²) in [5.74, 6) is 0.0875. The molecule has 0 aliphatic carbocycles. The number of aryl methyl sites for hydroxylation is 1. The zero-order valence-electron chi connectivity index (χ0n) is 14.6. The molecule has 3 heterocycles. The van der Waals surface area contributed by atoms with Crippen molar-refractivity contribution in [3.05, 3.63) is 52.0 Å². The quantitative estimate of drug-likeness (QED) is 0.827. The largest absolute Gasteiger partial charge is 0.340 e. The number of piperidine rings is 1. The summed E-state index contributed by atoms with van der Waals surface area (Å²) in [6.45, 7) is 3.64. The first-order chi connectivity index (χ1) is 12.0. The predicted octanol–water partition coefficient (Wildman–Crippen LogP) is 2.85. The van der Waals surface area contributed by atoms with Crippen LogP contribution in [0.5, 0.6) is 0 Å². The van der Waals surface area contributed by atoms with Crippen molar-refractivity contribution >= 4 is 23.2 Å². The summed E-state index contributed by atoms with van der Waals surface area (Å²) in [5.41, 5.74) is 2.08. The summed E-state index contributed by atoms with van der Waals surface area (Å²) in [6.07, 6.45) is 2.78. The molecule has 3 rings (SSSR count). The Hall–Kier alpha value is -2.21. The van der Waals surface area contributed by atoms with Gasteiger partial charge in [0.15, 0.2) is 0 Å². The Morgan fingerprint density at radius 3 is 2.92 bits per heavy atom. The summed E-state index contributed by atoms with van der Waals surface area (Å²) < 4.78 is 0. The number of amides is 2. The lowest BCUT2D eigenvalue weighted by Crippen LogP contribution is -2.45. The van der Waals surface area contributed by atoms with Crippen molar-refractivity contribution in [1.29, 1.82) is 0 Å². The molecular weight excluding hydrogens is 334 g/mol. The van der Waals surface area contributed by atoms with Crippen molar-refractivity contribution < 1.29 is 9.59 Å². The fourth-order valence-electron chi connectivity index (χ4n) is 3.13. The van der Waals surface area contributed by atoms with Gasteiger partial charge in [0, 0.05) is 31.1 Å². The Bertz CT molecular complexity index is 744. The van der Waals surface area contributed by atoms with Crippen LogP contribution < -0.4 is 0 Å². The number of thiophene rings is 1. The Balaban J connectivity index is 1.62. The monoisotopic (exact) mass is 357 g/mol. The van der Waals surface area contributed by atoms with Crippen LogP contribution >= 0.6 is 11.3 Å². The van der Waals surface area contributed by atoms with Crippen molar-refractivity contribution in [1.82, 2.24) is 14.8 Å². The molecular formula is C19H23N3O2S. The molecule has 132 valence electrons. The van der Waals surface area contributed by atoms with Crippen LogP contribution in [0.3, 0.4) is 0 Å². The van der Waals surface area contributed by atoms with Crippen LogP contribution in [-0.2, 0) is 22.7 Å². The molecule has 25 heavy (non-hydrogen) atoms. The number of carbonyl (C=O) groups excluding carboxylic acids is 2. The van der Waals surface area contributed by atoms with E-state index in [4.69, 9.17) is 0 Å². The van der Waals surface area contributed by atoms with Gasteiger partial charge in [-0.1, -0.05) is 6.07 Å². The zero-order chi connectivity index (χ0) is 17.8. The number of hydrogen-bond acceptors (Lipinski definition) is 4. The van der Waals surface area contributed by atoms with E-state index in [-0.39, 0.29) is 17.7 Å². The average Bonchev–Trinajstić information content (AvgIpc) is 3.02. The highest BCUT2D eigenvalue weighted by molar-refractivity contribution is 7.10. The van der Waals surface area contributed by atoms with E-state index in [1.54, 1.807) is 27.3 Å². The van der Waals surface area contributed by atoms with E-state index < -0.39 is 0 Å². The molecule has 2 aromatic heterocycles. The fourth-order valence-corrected chi connectivity index (χ4v) is 4.09. The maximum atomic E-state index is 12.8. The Morgan fingerprint density at radius 1 is 1.40 bits per heavy atom. The first-order valence-corrected chi connectivity index (χ1v) is 9.38. The molecule has 6 heteroatoms. The van der Waals surface area contributed by atoms with E-state index in [1.807, 2.05) is 25.2 Å². The third-order valence-corrected chi connectivity index (χ3v) is 5.66. The molecule has 0 saturated carbocycles. The van der Waals surface area contributed by atoms with E-state index >= 15 is 0 Å². The summed E-state index contributed by atoms with van der Waals surface area (Å²) >= 11 is 1.68. The van der Waals surface area contributed by atoms with E-state index in [2.05, 4.69) is 23.4 Å². The third kappa shape index (κ3) is 4.25. The predicted molar refractivity (Wildman–Crippen MR) is 97.9 cm³/mol. The van der Waals surface area contributed by atoms with Gasteiger partial charge in [0.1, 0.15) is 0 Å². The lowest BCUT2D eigenvalue weighted by molar-refractivity contribution is -0.143. The zero-order valence-corrected chi connectivity index (χ0v) is 15.5. The molecule has 0 spiro atoms. The average molecular weight is 357 g/mol. The normalized spacial score (nSPS) is 17.6. The molecule has 0 unspecified atom stereocenters. The Kier molecular flexibility index (Phi) is 5.48. The van der Waals surface area contributed by atoms with Gasteiger partial charge < -0.3 is 9.80 Å². The maximum absolute atomic E-state index is 12.8. The topological polar surface area (TPSA) is 53.5 Å². The Morgan fingerprint density at radius 2 is 2.24 bits per heavy atom. The molecule has 5 nitrogen and oxygen atoms in total. The van der Waals surface area contributed by atoms with Crippen LogP contribution in [0.4, 0.5) is 0 Å². The van der Waals surface area contributed by atoms with Gasteiger partial charge >= 0.3 is 0 Å². The summed E-state index contributed by atoms with van der Waals surface area (Å²) in [7, 11) is 1.85. The van der Waals surface area contributed by atoms with Gasteiger partial charge in [0.05, 0.1) is 24.7 Å². The Labute approximate surface area is 152 Å². The van der Waals surface area contributed by atoms with Gasteiger partial charge in [0.25, 0.3) is 0 Å². The van der Waals surface area contributed by atoms with E-state index in [9.17, 15) is 9.59 Å². The van der Waals surface area contributed by atoms with Crippen molar-refractivity contribution in [2.45, 2.75) is 32.9 Å². The molecule has 1 saturated heterocycles. The molecule has 0 N–H and O–H groups in total. The first kappa shape index (κ1) is 17.6. The highest BCUT2D eigenvalue weighted by Crippen LogP contribution is 2.23. The molecule has 0 bridgehead atoms. The molecule has 1 atom stereocenters. The van der Waals surface area contributed by atoms with Gasteiger partial charge in [-0.25, -0.2) is 0 Å². The standard InChI is InChI=1S/C19H23N3O2S/c1-14-8-10-25-17(14)13-21(2)19(24)15-6-7-18(23)22(11-15)12-16-5-3-4-9-20-16/h3-5,8-10,15H,6-7,11-13H2,1-2H3/t15-/m1/s1. The third-order valence-electron chi connectivity index (χ3n) is 4.65. The van der Waals surface area contributed by atoms with Crippen molar-refractivity contribution in [2.75, 3.05) is 13.6 Å². The highest BCUT2D eigenvalue weighted by Gasteiger charge is 2.32. The number of hydrogen-bond donors (Lipinski definition) is 0. The highest BCUT2D eigenvalue weighted by atomic mass is 32.1. The van der Waals surface area contributed by atoms with E-state index in [0.717, 1.165) is 5.69 Å². The second-order valence-corrected chi connectivity index (χ2v) is 7.55. The molecule has 0 aromatic carbocycles. The van der Waals surface area contributed by atoms with Crippen LogP contribution in [0.2, 0.25) is 0 Å². The van der Waals surface area contributed by atoms with Gasteiger partial charge in [-0.05, 0) is 42.5 Å². The van der Waals surface area contributed by atoms with Crippen LogP contribution in [0.15, 0.2) is 35.8 Å². The van der Waals surface area contributed by atoms with Crippen molar-refractivity contribution in [3.63, 3.8) is 0 Å². The number of aromatic nitrogens is 1. The molecule has 1 fully saturated rings. The molecule has 0 radical (unpaired) electrons. The maximum Gasteiger partial charge on any atom is 0.227 e. The van der Waals surface area contributed by atoms with Crippen LogP contribution in [-0.4, -0.2) is 40.2 Å². The SMILES string of the molecule is Cc1ccsc1CN(C)C(=O)[C@@H]1CCC(=O)N(Cc2ccccn2)C1. The lowest BCUT2D eigenvalue weighted by Gasteiger charge is -2.33. The van der Waals surface area contributed by atoms with Gasteiger partial charge in [-0.15, -0.1) is 11.3 Å². The van der Waals surface area contributed by atoms with Gasteiger partial charge in [0.2, 0.25) is 11.8 Å². The van der Waals surface area contributed by atoms with Crippen molar-refractivity contribution in [2.24, 2.45) is 5.92 Å². The smallest absolute Gasteiger partial charge is 0.227 e. The van der Waals surface area contributed by atoms with Gasteiger partial charge in [-0.3, -0.25) is 14.6 Å². The number of likely N-dealkylation sites (tertiary alicyclic amines) is 1. The van der Waals surface area contributed by atoms with E-state index in [0.29, 0.717) is 32.5 Å². The number of pyridine rings is 1. The van der Waals surface area contributed by atoms with Crippen molar-refractivity contribution in [3.8, 4) is 0 Å².